The van der Waals surface area contributed by atoms with Gasteiger partial charge in [0.1, 0.15) is 11.2 Å². The van der Waals surface area contributed by atoms with E-state index in [0.29, 0.717) is 0 Å². The van der Waals surface area contributed by atoms with Gasteiger partial charge in [-0.3, -0.25) is 4.40 Å². The molecule has 0 aliphatic carbocycles. The third-order valence-electron chi connectivity index (χ3n) is 6.63. The lowest BCUT2D eigenvalue weighted by molar-refractivity contribution is 0.670. The molecule has 162 valence electrons. The minimum atomic E-state index is 0.834. The first kappa shape index (κ1) is 19.1. The first-order chi connectivity index (χ1) is 16.7. The number of aromatic nitrogens is 3. The highest BCUT2D eigenvalue weighted by Gasteiger charge is 2.15. The summed E-state index contributed by atoms with van der Waals surface area (Å²) in [6, 6.07) is 29.7. The molecule has 4 nitrogen and oxygen atoms in total. The van der Waals surface area contributed by atoms with E-state index in [0.717, 1.165) is 55.5 Å². The molecule has 0 atom stereocenters. The summed E-state index contributed by atoms with van der Waals surface area (Å²) in [5.41, 5.74) is 8.41. The van der Waals surface area contributed by atoms with Crippen LogP contribution in [-0.2, 0) is 0 Å². The smallest absolute Gasteiger partial charge is 0.168 e. The highest BCUT2D eigenvalue weighted by atomic mass is 16.3. The van der Waals surface area contributed by atoms with E-state index in [-0.39, 0.29) is 0 Å². The van der Waals surface area contributed by atoms with Crippen molar-refractivity contribution in [2.75, 3.05) is 0 Å². The standard InChI is InChI=1S/C30H21N3O/c1-18-7-12-27-25(15-18)26-17-19(2)16-24(28(26)34-27)21-8-10-22(11-9-21)29-31-32-30-23-6-4-3-5-20(23)13-14-33(29)30/h3-17H,1-2H3. The van der Waals surface area contributed by atoms with Crippen LogP contribution in [0.15, 0.2) is 95.5 Å². The lowest BCUT2D eigenvalue weighted by atomic mass is 9.98. The third kappa shape index (κ3) is 2.78. The molecule has 3 aromatic heterocycles. The first-order valence-corrected chi connectivity index (χ1v) is 11.4. The van der Waals surface area contributed by atoms with Crippen LogP contribution in [0, 0.1) is 13.8 Å². The molecular formula is C30H21N3O. The van der Waals surface area contributed by atoms with Gasteiger partial charge < -0.3 is 4.42 Å². The van der Waals surface area contributed by atoms with Crippen molar-refractivity contribution in [3.63, 3.8) is 0 Å². The van der Waals surface area contributed by atoms with E-state index in [2.05, 4.69) is 101 Å². The Morgan fingerprint density at radius 2 is 1.47 bits per heavy atom. The van der Waals surface area contributed by atoms with E-state index in [1.54, 1.807) is 0 Å². The molecule has 0 fully saturated rings. The Kier molecular flexibility index (Phi) is 3.94. The van der Waals surface area contributed by atoms with Crippen molar-refractivity contribution in [2.45, 2.75) is 13.8 Å². The molecule has 0 radical (unpaired) electrons. The lowest BCUT2D eigenvalue weighted by Crippen LogP contribution is -1.90. The van der Waals surface area contributed by atoms with Crippen LogP contribution in [0.1, 0.15) is 11.1 Å². The molecule has 0 N–H and O–H groups in total. The fraction of sp³-hybridized carbons (Fsp3) is 0.0667. The molecule has 0 spiro atoms. The van der Waals surface area contributed by atoms with Gasteiger partial charge in [0.2, 0.25) is 0 Å². The molecule has 0 aliphatic heterocycles. The van der Waals surface area contributed by atoms with Gasteiger partial charge in [-0.2, -0.15) is 0 Å². The molecule has 7 rings (SSSR count). The van der Waals surface area contributed by atoms with Gasteiger partial charge in [0, 0.05) is 33.5 Å². The van der Waals surface area contributed by atoms with Gasteiger partial charge in [0.05, 0.1) is 0 Å². The Bertz CT molecular complexity index is 1870. The summed E-state index contributed by atoms with van der Waals surface area (Å²) in [7, 11) is 0. The highest BCUT2D eigenvalue weighted by molar-refractivity contribution is 6.10. The zero-order valence-corrected chi connectivity index (χ0v) is 18.9. The van der Waals surface area contributed by atoms with Crippen molar-refractivity contribution in [2.24, 2.45) is 0 Å². The second kappa shape index (κ2) is 7.03. The Hall–Kier alpha value is -4.44. The average Bonchev–Trinajstić information content (AvgIpc) is 3.45. The summed E-state index contributed by atoms with van der Waals surface area (Å²) < 4.78 is 8.38. The predicted molar refractivity (Wildman–Crippen MR) is 138 cm³/mol. The van der Waals surface area contributed by atoms with Crippen LogP contribution in [0.4, 0.5) is 0 Å². The van der Waals surface area contributed by atoms with Crippen LogP contribution in [0.2, 0.25) is 0 Å². The number of pyridine rings is 1. The van der Waals surface area contributed by atoms with Crippen LogP contribution in [-0.4, -0.2) is 14.6 Å². The van der Waals surface area contributed by atoms with Crippen LogP contribution in [0.5, 0.6) is 0 Å². The molecule has 7 aromatic rings. The highest BCUT2D eigenvalue weighted by Crippen LogP contribution is 2.37. The molecule has 0 aliphatic rings. The number of hydrogen-bond donors (Lipinski definition) is 0. The lowest BCUT2D eigenvalue weighted by Gasteiger charge is -2.07. The van der Waals surface area contributed by atoms with Crippen molar-refractivity contribution < 1.29 is 4.42 Å². The molecule has 0 saturated carbocycles. The largest absolute Gasteiger partial charge is 0.455 e. The van der Waals surface area contributed by atoms with Crippen molar-refractivity contribution in [1.29, 1.82) is 0 Å². The second-order valence-electron chi connectivity index (χ2n) is 8.99. The molecule has 0 amide bonds. The van der Waals surface area contributed by atoms with Crippen molar-refractivity contribution in [1.82, 2.24) is 14.6 Å². The molecule has 4 heteroatoms. The summed E-state index contributed by atoms with van der Waals surface area (Å²) in [6.07, 6.45) is 2.04. The number of aryl methyl sites for hydroxylation is 2. The monoisotopic (exact) mass is 439 g/mol. The molecule has 0 unspecified atom stereocenters. The van der Waals surface area contributed by atoms with Gasteiger partial charge in [-0.25, -0.2) is 0 Å². The van der Waals surface area contributed by atoms with E-state index in [1.165, 1.54) is 16.5 Å². The quantitative estimate of drug-likeness (QED) is 0.277. The summed E-state index contributed by atoms with van der Waals surface area (Å²) in [5, 5.41) is 13.6. The molecular weight excluding hydrogens is 418 g/mol. The third-order valence-corrected chi connectivity index (χ3v) is 6.63. The topological polar surface area (TPSA) is 43.3 Å². The zero-order valence-electron chi connectivity index (χ0n) is 18.9. The summed E-state index contributed by atoms with van der Waals surface area (Å²) in [6.45, 7) is 4.25. The van der Waals surface area contributed by atoms with E-state index in [4.69, 9.17) is 4.42 Å². The molecule has 4 aromatic carbocycles. The maximum Gasteiger partial charge on any atom is 0.168 e. The number of fused-ring (bicyclic) bond motifs is 6. The van der Waals surface area contributed by atoms with E-state index < -0.39 is 0 Å². The van der Waals surface area contributed by atoms with Crippen molar-refractivity contribution in [3.8, 4) is 22.5 Å². The number of nitrogens with zero attached hydrogens (tertiary/aromatic N) is 3. The second-order valence-corrected chi connectivity index (χ2v) is 8.99. The molecule has 34 heavy (non-hydrogen) atoms. The van der Waals surface area contributed by atoms with Crippen LogP contribution in [0.25, 0.3) is 60.9 Å². The van der Waals surface area contributed by atoms with Gasteiger partial charge in [-0.1, -0.05) is 60.2 Å². The van der Waals surface area contributed by atoms with Crippen molar-refractivity contribution >= 4 is 38.4 Å². The van der Waals surface area contributed by atoms with Gasteiger partial charge in [0.25, 0.3) is 0 Å². The molecule has 0 saturated heterocycles. The minimum absolute atomic E-state index is 0.834. The van der Waals surface area contributed by atoms with Crippen LogP contribution in [0.3, 0.4) is 0 Å². The Labute approximate surface area is 196 Å². The van der Waals surface area contributed by atoms with Crippen molar-refractivity contribution in [3.05, 3.63) is 102 Å². The van der Waals surface area contributed by atoms with Crippen LogP contribution >= 0.6 is 0 Å². The molecule has 0 bridgehead atoms. The summed E-state index contributed by atoms with van der Waals surface area (Å²) in [4.78, 5) is 0. The molecule has 3 heterocycles. The zero-order chi connectivity index (χ0) is 22.8. The Morgan fingerprint density at radius 3 is 2.35 bits per heavy atom. The Morgan fingerprint density at radius 1 is 0.676 bits per heavy atom. The van der Waals surface area contributed by atoms with Gasteiger partial charge in [-0.15, -0.1) is 10.2 Å². The fourth-order valence-corrected chi connectivity index (χ4v) is 4.96. The number of benzene rings is 4. The fourth-order valence-electron chi connectivity index (χ4n) is 4.96. The number of rotatable bonds is 2. The summed E-state index contributed by atoms with van der Waals surface area (Å²) >= 11 is 0. The summed E-state index contributed by atoms with van der Waals surface area (Å²) in [5.74, 6) is 0.834. The van der Waals surface area contributed by atoms with E-state index >= 15 is 0 Å². The van der Waals surface area contributed by atoms with E-state index in [9.17, 15) is 0 Å². The van der Waals surface area contributed by atoms with Gasteiger partial charge in [0.15, 0.2) is 11.5 Å². The number of hydrogen-bond acceptors (Lipinski definition) is 3. The normalized spacial score (nSPS) is 11.8. The average molecular weight is 440 g/mol. The predicted octanol–water partition coefficient (Wildman–Crippen LogP) is 7.73. The van der Waals surface area contributed by atoms with Crippen LogP contribution < -0.4 is 0 Å². The number of furan rings is 1. The van der Waals surface area contributed by atoms with Gasteiger partial charge >= 0.3 is 0 Å². The maximum absolute atomic E-state index is 6.32. The minimum Gasteiger partial charge on any atom is -0.455 e. The Balaban J connectivity index is 1.37. The van der Waals surface area contributed by atoms with E-state index in [1.807, 2.05) is 18.3 Å². The maximum atomic E-state index is 6.32. The first-order valence-electron chi connectivity index (χ1n) is 11.4. The van der Waals surface area contributed by atoms with Gasteiger partial charge in [-0.05, 0) is 60.7 Å². The SMILES string of the molecule is Cc1ccc2oc3c(-c4ccc(-c5nnc6c7ccccc7ccn56)cc4)cc(C)cc3c2c1.